The summed E-state index contributed by atoms with van der Waals surface area (Å²) in [4.78, 5) is 18.6. The van der Waals surface area contributed by atoms with E-state index in [2.05, 4.69) is 116 Å². The number of ether oxygens (including phenoxy) is 2. The molecular weight excluding hydrogens is 1040 g/mol. The van der Waals surface area contributed by atoms with Gasteiger partial charge in [-0.1, -0.05) is 19.6 Å². The van der Waals surface area contributed by atoms with E-state index in [4.69, 9.17) is 33.7 Å². The van der Waals surface area contributed by atoms with E-state index in [1.807, 2.05) is 28.8 Å². The predicted molar refractivity (Wildman–Crippen MR) is 302 cm³/mol. The average Bonchev–Trinajstić information content (AvgIpc) is 4.08. The van der Waals surface area contributed by atoms with Gasteiger partial charge in [-0.15, -0.1) is 20.4 Å². The second kappa shape index (κ2) is 23.2. The first-order valence-electron chi connectivity index (χ1n) is 25.9. The van der Waals surface area contributed by atoms with E-state index in [-0.39, 0.29) is 37.4 Å². The lowest BCUT2D eigenvalue weighted by atomic mass is 9.08. The highest BCUT2D eigenvalue weighted by Gasteiger charge is 2.52. The maximum atomic E-state index is 14.5. The Hall–Kier alpha value is -5.98. The predicted octanol–water partition coefficient (Wildman–Crippen LogP) is 8.66. The summed E-state index contributed by atoms with van der Waals surface area (Å²) in [6.45, 7) is 13.6. The summed E-state index contributed by atoms with van der Waals surface area (Å²) in [5.41, 5.74) is 11.7. The highest BCUT2D eigenvalue weighted by Crippen LogP contribution is 2.41. The maximum Gasteiger partial charge on any atom is 0.496 e. The number of aromatic nitrogens is 10. The Labute approximate surface area is 462 Å². The standard InChI is InChI=1S/C24H22FN5O.C15H22BNO2.C15H12BrFN4O.CH4.B4/c1-14-16(4-7-21(28-14)15-2-3-15)19-12-26-23(30-13-27-29-24(19)30)9-5-17-18-10-11-31-22(18)8-6-20(17)25;1-10-12(8-9-13(17-10)11-6-7-11)16-18-14(2,3)15(4,5)19-16;16-11-7-18-14(21-8-19-20-15(11)21)4-1-9-10-5-6-22-13(10)3-2-12(9)17;;1-4(2)3/h4,6-8,12-13,15H,2-3,5,9-11H2,1H3;8-9,11H,6-7H2,1-5H3;2-3,7-8H,1,4-6H2;1H4;. The van der Waals surface area contributed by atoms with Gasteiger partial charge in [-0.25, -0.2) is 18.7 Å². The number of hydrogen-bond acceptors (Lipinski definition) is 12. The molecular formula is C55H60B5BrF2N10O4. The van der Waals surface area contributed by atoms with Crippen molar-refractivity contribution >= 4 is 69.4 Å². The first-order valence-corrected chi connectivity index (χ1v) is 26.7. The molecule has 0 spiro atoms. The number of benzene rings is 2. The van der Waals surface area contributed by atoms with Gasteiger partial charge in [0.25, 0.3) is 0 Å². The Morgan fingerprint density at radius 2 is 1.13 bits per heavy atom. The first kappa shape index (κ1) is 55.8. The summed E-state index contributed by atoms with van der Waals surface area (Å²) in [7, 11) is 13.7. The van der Waals surface area contributed by atoms with Gasteiger partial charge in [0.1, 0.15) is 47.4 Å². The zero-order chi connectivity index (χ0) is 53.5. The van der Waals surface area contributed by atoms with Crippen molar-refractivity contribution in [3.8, 4) is 22.6 Å². The van der Waals surface area contributed by atoms with Crippen LogP contribution in [0.15, 0.2) is 78.1 Å². The van der Waals surface area contributed by atoms with Crippen LogP contribution in [0.5, 0.6) is 11.5 Å². The van der Waals surface area contributed by atoms with E-state index in [1.165, 1.54) is 49.2 Å². The van der Waals surface area contributed by atoms with E-state index in [0.717, 1.165) is 96.3 Å². The number of halogens is 3. The fraction of sp³-hybridized carbons (Fsp3) is 0.418. The molecule has 5 aliphatic rings. The molecule has 2 saturated carbocycles. The minimum absolute atomic E-state index is 0. The van der Waals surface area contributed by atoms with Crippen LogP contribution in [0.4, 0.5) is 8.78 Å². The third-order valence-electron chi connectivity index (χ3n) is 14.9. The Morgan fingerprint density at radius 1 is 0.649 bits per heavy atom. The normalized spacial score (nSPS) is 16.4. The number of aryl methyl sites for hydroxylation is 4. The molecule has 6 radical (unpaired) electrons. The quantitative estimate of drug-likeness (QED) is 0.121. The molecule has 3 fully saturated rings. The van der Waals surface area contributed by atoms with Gasteiger partial charge >= 0.3 is 7.12 Å². The number of nitrogens with zero attached hydrogens (tertiary/aromatic N) is 10. The van der Waals surface area contributed by atoms with Crippen LogP contribution in [0.3, 0.4) is 0 Å². The van der Waals surface area contributed by atoms with Crippen LogP contribution in [0.2, 0.25) is 0 Å². The molecule has 6 aromatic heterocycles. The van der Waals surface area contributed by atoms with Crippen molar-refractivity contribution in [2.45, 2.75) is 136 Å². The Morgan fingerprint density at radius 3 is 1.64 bits per heavy atom. The molecule has 390 valence electrons. The Bertz CT molecular complexity index is 3410. The number of rotatable bonds is 10. The molecule has 2 aromatic carbocycles. The van der Waals surface area contributed by atoms with Crippen LogP contribution < -0.4 is 14.9 Å². The molecule has 14 nitrogen and oxygen atoms in total. The smallest absolute Gasteiger partial charge is 0.493 e. The van der Waals surface area contributed by atoms with Crippen molar-refractivity contribution in [1.82, 2.24) is 49.1 Å². The minimum Gasteiger partial charge on any atom is -0.493 e. The molecule has 0 atom stereocenters. The third kappa shape index (κ3) is 12.2. The van der Waals surface area contributed by atoms with E-state index >= 15 is 0 Å². The van der Waals surface area contributed by atoms with Crippen molar-refractivity contribution in [2.75, 3.05) is 13.2 Å². The van der Waals surface area contributed by atoms with Gasteiger partial charge in [0, 0.05) is 130 Å². The van der Waals surface area contributed by atoms with Crippen LogP contribution in [-0.4, -0.2) is 110 Å². The van der Waals surface area contributed by atoms with Crippen LogP contribution in [0.25, 0.3) is 22.4 Å². The van der Waals surface area contributed by atoms with Gasteiger partial charge in [-0.3, -0.25) is 18.8 Å². The molecule has 9 heterocycles. The van der Waals surface area contributed by atoms with Crippen molar-refractivity contribution in [2.24, 2.45) is 0 Å². The summed E-state index contributed by atoms with van der Waals surface area (Å²) in [5.74, 6) is 4.15. The molecule has 2 aliphatic carbocycles. The molecule has 3 aliphatic heterocycles. The average molecular weight is 1100 g/mol. The van der Waals surface area contributed by atoms with Crippen molar-refractivity contribution in [1.29, 1.82) is 0 Å². The molecule has 0 bridgehead atoms. The lowest BCUT2D eigenvalue weighted by Crippen LogP contribution is -2.41. The van der Waals surface area contributed by atoms with Crippen molar-refractivity contribution in [3.63, 3.8) is 0 Å². The summed E-state index contributed by atoms with van der Waals surface area (Å²) < 4.78 is 56.4. The van der Waals surface area contributed by atoms with Crippen molar-refractivity contribution in [3.05, 3.63) is 146 Å². The Balaban J connectivity index is 0.000000139. The SMILES string of the molecule is C.Cc1nc(C2CC2)ccc1-c1cnc(CCc2c(F)ccc3c2CCO3)n2cnnc12.Cc1nc(C2CC2)ccc1B1OC(C)(C)C(C)(C)O1.Fc1ccc2c(c1CCc1ncc(Br)c3nncn13)CCO2.[B]B([B])[B]. The van der Waals surface area contributed by atoms with Crippen LogP contribution in [0.1, 0.15) is 129 Å². The number of pyridine rings is 2. The molecule has 77 heavy (non-hydrogen) atoms. The first-order chi connectivity index (χ1) is 36.5. The maximum absolute atomic E-state index is 14.5. The van der Waals surface area contributed by atoms with Crippen LogP contribution in [-0.2, 0) is 47.8 Å². The number of hydrogen-bond donors (Lipinski definition) is 0. The topological polar surface area (TPSA) is 149 Å². The van der Waals surface area contributed by atoms with Gasteiger partial charge in [0.15, 0.2) is 11.3 Å². The zero-order valence-electron chi connectivity index (χ0n) is 43.7. The highest BCUT2D eigenvalue weighted by atomic mass is 79.9. The Kier molecular flexibility index (Phi) is 16.8. The van der Waals surface area contributed by atoms with E-state index in [9.17, 15) is 8.78 Å². The molecule has 22 heteroatoms. The van der Waals surface area contributed by atoms with E-state index in [0.29, 0.717) is 56.4 Å². The lowest BCUT2D eigenvalue weighted by molar-refractivity contribution is 0.00578. The van der Waals surface area contributed by atoms with Gasteiger partial charge < -0.3 is 18.8 Å². The number of fused-ring (bicyclic) bond motifs is 4. The summed E-state index contributed by atoms with van der Waals surface area (Å²) in [6, 6.07) is 14.9. The molecule has 0 unspecified atom stereocenters. The fourth-order valence-electron chi connectivity index (χ4n) is 9.80. The summed E-state index contributed by atoms with van der Waals surface area (Å²) >= 11 is 3.40. The van der Waals surface area contributed by atoms with E-state index in [1.54, 1.807) is 31.0 Å². The monoisotopic (exact) mass is 1100 g/mol. The molecule has 0 amide bonds. The second-order valence-corrected chi connectivity index (χ2v) is 21.7. The molecule has 8 aromatic rings. The zero-order valence-corrected chi connectivity index (χ0v) is 45.3. The molecule has 1 saturated heterocycles. The summed E-state index contributed by atoms with van der Waals surface area (Å²) in [5, 5.41) is 16.4. The summed E-state index contributed by atoms with van der Waals surface area (Å²) in [6.07, 6.45) is 15.0. The van der Waals surface area contributed by atoms with Crippen LogP contribution >= 0.6 is 15.9 Å². The van der Waals surface area contributed by atoms with Gasteiger partial charge in [-0.05, 0) is 144 Å². The largest absolute Gasteiger partial charge is 0.496 e. The highest BCUT2D eigenvalue weighted by molar-refractivity contribution is 9.10. The molecule has 13 rings (SSSR count). The van der Waals surface area contributed by atoms with Crippen molar-refractivity contribution < 1.29 is 27.6 Å². The second-order valence-electron chi connectivity index (χ2n) is 20.9. The van der Waals surface area contributed by atoms with Gasteiger partial charge in [0.05, 0.1) is 28.9 Å². The van der Waals surface area contributed by atoms with Crippen LogP contribution in [0, 0.1) is 25.5 Å². The third-order valence-corrected chi connectivity index (χ3v) is 15.5. The fourth-order valence-corrected chi connectivity index (χ4v) is 10.2. The lowest BCUT2D eigenvalue weighted by Gasteiger charge is -2.32. The molecule has 0 N–H and O–H groups in total. The van der Waals surface area contributed by atoms with Gasteiger partial charge in [0.2, 0.25) is 0 Å². The minimum atomic E-state index is -0.667. The van der Waals surface area contributed by atoms with Gasteiger partial charge in [-0.2, -0.15) is 0 Å². The van der Waals surface area contributed by atoms with E-state index < -0.39 is 6.39 Å².